The summed E-state index contributed by atoms with van der Waals surface area (Å²) in [4.78, 5) is 0. The summed E-state index contributed by atoms with van der Waals surface area (Å²) in [6, 6.07) is 0. The molecular weight excluding hydrogens is 303 g/mol. The molecule has 2 nitrogen and oxygen atoms in total. The lowest BCUT2D eigenvalue weighted by Gasteiger charge is -2.22. The van der Waals surface area contributed by atoms with Crippen LogP contribution in [0.5, 0.6) is 0 Å². The molecule has 0 aromatic rings. The normalized spacial score (nSPS) is 19.8. The molecule has 0 atom stereocenters. The summed E-state index contributed by atoms with van der Waals surface area (Å²) in [5.74, 6) is 1.18. The number of hydrogen-bond donors (Lipinski definition) is 0. The van der Waals surface area contributed by atoms with Gasteiger partial charge in [-0.1, -0.05) is 24.3 Å². The van der Waals surface area contributed by atoms with Crippen molar-refractivity contribution in [3.63, 3.8) is 0 Å². The zero-order chi connectivity index (χ0) is 12.7. The molecule has 0 radical (unpaired) electrons. The van der Waals surface area contributed by atoms with E-state index in [0.717, 1.165) is 30.5 Å². The Balaban J connectivity index is 2.54. The summed E-state index contributed by atoms with van der Waals surface area (Å²) in [5.41, 5.74) is 0. The van der Waals surface area contributed by atoms with Gasteiger partial charge in [0.25, 0.3) is 0 Å². The Morgan fingerprint density at radius 1 is 1.53 bits per heavy atom. The highest BCUT2D eigenvalue weighted by molar-refractivity contribution is 9.12. The fourth-order valence-corrected chi connectivity index (χ4v) is 2.01. The minimum atomic E-state index is 0.549. The van der Waals surface area contributed by atoms with Crippen LogP contribution in [0.15, 0.2) is 34.0 Å². The first kappa shape index (κ1) is 14.8. The lowest BCUT2D eigenvalue weighted by Crippen LogP contribution is -2.20. The van der Waals surface area contributed by atoms with E-state index in [1.54, 1.807) is 6.08 Å². The van der Waals surface area contributed by atoms with Crippen LogP contribution in [0.2, 0.25) is 0 Å². The van der Waals surface area contributed by atoms with Gasteiger partial charge in [-0.25, -0.2) is 0 Å². The van der Waals surface area contributed by atoms with Crippen molar-refractivity contribution < 1.29 is 9.47 Å². The van der Waals surface area contributed by atoms with Crippen molar-refractivity contribution in [2.75, 3.05) is 19.8 Å². The Morgan fingerprint density at radius 3 is 2.71 bits per heavy atom. The Kier molecular flexibility index (Phi) is 6.93. The predicted octanol–water partition coefficient (Wildman–Crippen LogP) is 4.36. The Morgan fingerprint density at radius 2 is 2.18 bits per heavy atom. The van der Waals surface area contributed by atoms with Gasteiger partial charge in [0.15, 0.2) is 0 Å². The average Bonchev–Trinajstić information content (AvgIpc) is 2.39. The van der Waals surface area contributed by atoms with Crippen molar-refractivity contribution >= 4 is 27.5 Å². The number of hydrogen-bond acceptors (Lipinski definition) is 2. The van der Waals surface area contributed by atoms with Crippen LogP contribution in [0.1, 0.15) is 19.8 Å². The molecule has 0 amide bonds. The van der Waals surface area contributed by atoms with Gasteiger partial charge >= 0.3 is 0 Å². The molecule has 17 heavy (non-hydrogen) atoms. The molecule has 0 aromatic heterocycles. The lowest BCUT2D eigenvalue weighted by molar-refractivity contribution is 0.0387. The molecule has 1 aliphatic heterocycles. The summed E-state index contributed by atoms with van der Waals surface area (Å²) in [6.45, 7) is 7.96. The molecule has 0 aliphatic carbocycles. The molecule has 1 fully saturated rings. The maximum Gasteiger partial charge on any atom is 0.138 e. The first-order valence-corrected chi connectivity index (χ1v) is 6.91. The van der Waals surface area contributed by atoms with Gasteiger partial charge in [0.05, 0.1) is 11.6 Å². The van der Waals surface area contributed by atoms with Crippen LogP contribution < -0.4 is 0 Å². The van der Waals surface area contributed by atoms with Crippen LogP contribution in [0, 0.1) is 5.92 Å². The Bertz CT molecular complexity index is 317. The minimum Gasteiger partial charge on any atom is -0.492 e. The van der Waals surface area contributed by atoms with Crippen molar-refractivity contribution in [3.8, 4) is 0 Å². The van der Waals surface area contributed by atoms with Crippen LogP contribution >= 0.6 is 27.5 Å². The van der Waals surface area contributed by atoms with Gasteiger partial charge in [-0.05, 0) is 47.7 Å². The van der Waals surface area contributed by atoms with Crippen LogP contribution in [-0.4, -0.2) is 19.8 Å². The SMILES string of the molecule is C=C/C(OCC1CCOCC1)=C(Cl)\C(Br)=C/C. The maximum atomic E-state index is 6.16. The monoisotopic (exact) mass is 320 g/mol. The van der Waals surface area contributed by atoms with E-state index in [2.05, 4.69) is 22.5 Å². The molecule has 0 N–H and O–H groups in total. The molecule has 0 aromatic carbocycles. The molecule has 1 rings (SSSR count). The second-order valence-electron chi connectivity index (χ2n) is 3.89. The number of rotatable bonds is 5. The van der Waals surface area contributed by atoms with E-state index < -0.39 is 0 Å². The zero-order valence-corrected chi connectivity index (χ0v) is 12.4. The largest absolute Gasteiger partial charge is 0.492 e. The predicted molar refractivity (Wildman–Crippen MR) is 75.3 cm³/mol. The maximum absolute atomic E-state index is 6.16. The van der Waals surface area contributed by atoms with E-state index >= 15 is 0 Å². The minimum absolute atomic E-state index is 0.549. The quantitative estimate of drug-likeness (QED) is 0.553. The van der Waals surface area contributed by atoms with Gasteiger partial charge in [-0.15, -0.1) is 0 Å². The van der Waals surface area contributed by atoms with Crippen molar-refractivity contribution in [2.45, 2.75) is 19.8 Å². The van der Waals surface area contributed by atoms with Crippen LogP contribution in [0.3, 0.4) is 0 Å². The van der Waals surface area contributed by atoms with Crippen LogP contribution in [0.25, 0.3) is 0 Å². The van der Waals surface area contributed by atoms with Crippen molar-refractivity contribution in [3.05, 3.63) is 34.0 Å². The highest BCUT2D eigenvalue weighted by Crippen LogP contribution is 2.26. The molecule has 1 saturated heterocycles. The molecule has 0 spiro atoms. The molecule has 0 unspecified atom stereocenters. The number of halogens is 2. The lowest BCUT2D eigenvalue weighted by atomic mass is 10.0. The highest BCUT2D eigenvalue weighted by Gasteiger charge is 2.15. The van der Waals surface area contributed by atoms with Gasteiger partial charge < -0.3 is 9.47 Å². The highest BCUT2D eigenvalue weighted by atomic mass is 79.9. The first-order chi connectivity index (χ1) is 8.19. The van der Waals surface area contributed by atoms with E-state index in [9.17, 15) is 0 Å². The third kappa shape index (κ3) is 4.86. The summed E-state index contributed by atoms with van der Waals surface area (Å²) in [6.07, 6.45) is 5.62. The van der Waals surface area contributed by atoms with E-state index in [0.29, 0.717) is 23.3 Å². The Hall–Kier alpha value is -0.250. The molecule has 96 valence electrons. The van der Waals surface area contributed by atoms with E-state index in [1.165, 1.54) is 0 Å². The zero-order valence-electron chi connectivity index (χ0n) is 10.0. The van der Waals surface area contributed by atoms with Crippen molar-refractivity contribution in [1.29, 1.82) is 0 Å². The van der Waals surface area contributed by atoms with Crippen molar-refractivity contribution in [1.82, 2.24) is 0 Å². The standard InChI is InChI=1S/C13H18BrClO2/c1-3-11(14)13(15)12(4-2)17-9-10-5-7-16-8-6-10/h3-4,10H,2,5-9H2,1H3/b11-3+,13-12-. The molecule has 1 heterocycles. The molecule has 0 bridgehead atoms. The van der Waals surface area contributed by atoms with Gasteiger partial charge in [0, 0.05) is 17.7 Å². The summed E-state index contributed by atoms with van der Waals surface area (Å²) < 4.78 is 11.8. The second kappa shape index (κ2) is 7.96. The van der Waals surface area contributed by atoms with Gasteiger partial charge in [0.2, 0.25) is 0 Å². The van der Waals surface area contributed by atoms with Gasteiger partial charge in [0.1, 0.15) is 5.76 Å². The van der Waals surface area contributed by atoms with Crippen molar-refractivity contribution in [2.24, 2.45) is 5.92 Å². The van der Waals surface area contributed by atoms with Crippen LogP contribution in [-0.2, 0) is 9.47 Å². The van der Waals surface area contributed by atoms with E-state index in [1.807, 2.05) is 13.0 Å². The molecular formula is C13H18BrClO2. The number of ether oxygens (including phenoxy) is 2. The Labute approximate surface area is 116 Å². The average molecular weight is 322 g/mol. The molecule has 4 heteroatoms. The topological polar surface area (TPSA) is 18.5 Å². The van der Waals surface area contributed by atoms with Gasteiger partial charge in [-0.3, -0.25) is 0 Å². The summed E-state index contributed by atoms with van der Waals surface area (Å²) >= 11 is 9.53. The van der Waals surface area contributed by atoms with E-state index in [-0.39, 0.29) is 0 Å². The fourth-order valence-electron chi connectivity index (χ4n) is 1.58. The smallest absolute Gasteiger partial charge is 0.138 e. The molecule has 1 aliphatic rings. The third-order valence-electron chi connectivity index (χ3n) is 2.68. The third-order valence-corrected chi connectivity index (χ3v) is 4.15. The molecule has 0 saturated carbocycles. The summed E-state index contributed by atoms with van der Waals surface area (Å²) in [5, 5.41) is 0.564. The summed E-state index contributed by atoms with van der Waals surface area (Å²) in [7, 11) is 0. The van der Waals surface area contributed by atoms with Gasteiger partial charge in [-0.2, -0.15) is 0 Å². The fraction of sp³-hybridized carbons (Fsp3) is 0.538. The van der Waals surface area contributed by atoms with Crippen LogP contribution in [0.4, 0.5) is 0 Å². The van der Waals surface area contributed by atoms with E-state index in [4.69, 9.17) is 21.1 Å². The second-order valence-corrected chi connectivity index (χ2v) is 5.12. The first-order valence-electron chi connectivity index (χ1n) is 5.74. The number of allylic oxidation sites excluding steroid dienone is 4.